The predicted molar refractivity (Wildman–Crippen MR) is 89.9 cm³/mol. The Morgan fingerprint density at radius 1 is 1.32 bits per heavy atom. The maximum atomic E-state index is 10.2. The highest BCUT2D eigenvalue weighted by molar-refractivity contribution is 5.09. The molecule has 1 aromatic heterocycles. The summed E-state index contributed by atoms with van der Waals surface area (Å²) in [4.78, 5) is 2.38. The summed E-state index contributed by atoms with van der Waals surface area (Å²) in [5.74, 6) is 0.837. The zero-order valence-corrected chi connectivity index (χ0v) is 14.5. The Labute approximate surface area is 134 Å². The number of rotatable bonds is 7. The number of nitrogens with one attached hydrogen (secondary N) is 1. The summed E-state index contributed by atoms with van der Waals surface area (Å²) in [5.41, 5.74) is 1.17. The van der Waals surface area contributed by atoms with Gasteiger partial charge in [0.2, 0.25) is 0 Å². The van der Waals surface area contributed by atoms with Crippen molar-refractivity contribution in [3.05, 3.63) is 18.0 Å². The minimum atomic E-state index is -0.309. The van der Waals surface area contributed by atoms with E-state index in [0.717, 1.165) is 25.6 Å². The van der Waals surface area contributed by atoms with Crippen LogP contribution in [0.2, 0.25) is 0 Å². The Morgan fingerprint density at radius 3 is 2.59 bits per heavy atom. The first-order chi connectivity index (χ1) is 10.5. The maximum absolute atomic E-state index is 10.2. The van der Waals surface area contributed by atoms with Gasteiger partial charge < -0.3 is 15.3 Å². The van der Waals surface area contributed by atoms with Crippen molar-refractivity contribution in [2.75, 3.05) is 26.2 Å². The average molecular weight is 308 g/mol. The van der Waals surface area contributed by atoms with E-state index in [1.165, 1.54) is 18.4 Å². The zero-order chi connectivity index (χ0) is 16.1. The van der Waals surface area contributed by atoms with E-state index in [0.29, 0.717) is 12.6 Å². The summed E-state index contributed by atoms with van der Waals surface area (Å²) < 4.78 is 1.97. The second kappa shape index (κ2) is 8.09. The van der Waals surface area contributed by atoms with Crippen LogP contribution in [0.1, 0.15) is 58.2 Å². The molecule has 2 rings (SSSR count). The lowest BCUT2D eigenvalue weighted by Crippen LogP contribution is -2.42. The van der Waals surface area contributed by atoms with Crippen molar-refractivity contribution < 1.29 is 5.11 Å². The van der Waals surface area contributed by atoms with Crippen LogP contribution in [-0.4, -0.2) is 52.1 Å². The first kappa shape index (κ1) is 17.4. The third kappa shape index (κ3) is 5.07. The van der Waals surface area contributed by atoms with E-state index in [1.807, 2.05) is 10.9 Å². The van der Waals surface area contributed by atoms with Gasteiger partial charge in [0.1, 0.15) is 0 Å². The monoisotopic (exact) mass is 308 g/mol. The largest absolute Gasteiger partial charge is 0.390 e. The fourth-order valence-electron chi connectivity index (χ4n) is 2.90. The highest BCUT2D eigenvalue weighted by Gasteiger charge is 2.19. The summed E-state index contributed by atoms with van der Waals surface area (Å²) in [6.45, 7) is 12.3. The molecular weight excluding hydrogens is 276 g/mol. The van der Waals surface area contributed by atoms with Crippen LogP contribution in [0.5, 0.6) is 0 Å². The number of hydrogen-bond donors (Lipinski definition) is 2. The predicted octanol–water partition coefficient (Wildman–Crippen LogP) is 2.21. The number of nitrogens with zero attached hydrogens (tertiary/aromatic N) is 3. The molecule has 0 saturated carbocycles. The maximum Gasteiger partial charge on any atom is 0.0791 e. The van der Waals surface area contributed by atoms with Crippen LogP contribution in [0, 0.1) is 5.92 Å². The van der Waals surface area contributed by atoms with E-state index in [-0.39, 0.29) is 12.1 Å². The highest BCUT2D eigenvalue weighted by Crippen LogP contribution is 2.16. The molecule has 5 nitrogen and oxygen atoms in total. The smallest absolute Gasteiger partial charge is 0.0791 e. The van der Waals surface area contributed by atoms with Crippen LogP contribution < -0.4 is 5.32 Å². The third-order valence-electron chi connectivity index (χ3n) is 4.66. The number of aliphatic hydroxyl groups excluding tert-OH is 1. The lowest BCUT2D eigenvalue weighted by molar-refractivity contribution is 0.0892. The minimum absolute atomic E-state index is 0.212. The lowest BCUT2D eigenvalue weighted by Gasteiger charge is -2.31. The van der Waals surface area contributed by atoms with Crippen LogP contribution >= 0.6 is 0 Å². The van der Waals surface area contributed by atoms with Gasteiger partial charge in [0.05, 0.1) is 12.3 Å². The summed E-state index contributed by atoms with van der Waals surface area (Å²) in [6, 6.07) is 0.594. The van der Waals surface area contributed by atoms with Crippen molar-refractivity contribution in [2.45, 2.75) is 58.7 Å². The van der Waals surface area contributed by atoms with Gasteiger partial charge in [-0.15, -0.1) is 0 Å². The molecule has 126 valence electrons. The van der Waals surface area contributed by atoms with Gasteiger partial charge in [-0.05, 0) is 52.6 Å². The van der Waals surface area contributed by atoms with Crippen LogP contribution in [0.3, 0.4) is 0 Å². The van der Waals surface area contributed by atoms with E-state index < -0.39 is 0 Å². The standard InChI is InChI=1S/C17H32N4O/c1-13(2)21-11-16(9-19-21)15(4)18-10-17(22)12-20-7-5-14(3)6-8-20/h9,11,13-15,17-18,22H,5-8,10,12H2,1-4H3. The SMILES string of the molecule is CC1CCN(CC(O)CNC(C)c2cnn(C(C)C)c2)CC1. The molecule has 2 heterocycles. The molecular formula is C17H32N4O. The van der Waals surface area contributed by atoms with Gasteiger partial charge >= 0.3 is 0 Å². The summed E-state index contributed by atoms with van der Waals surface area (Å²) in [7, 11) is 0. The average Bonchev–Trinajstić information content (AvgIpc) is 2.97. The van der Waals surface area contributed by atoms with Crippen molar-refractivity contribution >= 4 is 0 Å². The van der Waals surface area contributed by atoms with Gasteiger partial charge in [0.25, 0.3) is 0 Å². The molecule has 0 aliphatic carbocycles. The Bertz CT molecular complexity index is 438. The van der Waals surface area contributed by atoms with Gasteiger partial charge in [-0.25, -0.2) is 0 Å². The van der Waals surface area contributed by atoms with Gasteiger partial charge in [-0.2, -0.15) is 5.10 Å². The molecule has 22 heavy (non-hydrogen) atoms. The van der Waals surface area contributed by atoms with Crippen molar-refractivity contribution in [3.63, 3.8) is 0 Å². The van der Waals surface area contributed by atoms with Crippen LogP contribution in [-0.2, 0) is 0 Å². The third-order valence-corrected chi connectivity index (χ3v) is 4.66. The molecule has 0 aromatic carbocycles. The van der Waals surface area contributed by atoms with E-state index in [1.54, 1.807) is 0 Å². The highest BCUT2D eigenvalue weighted by atomic mass is 16.3. The van der Waals surface area contributed by atoms with E-state index in [2.05, 4.69) is 49.2 Å². The molecule has 1 aliphatic heterocycles. The zero-order valence-electron chi connectivity index (χ0n) is 14.5. The number of aliphatic hydroxyl groups is 1. The second-order valence-corrected chi connectivity index (χ2v) is 7.11. The molecule has 0 radical (unpaired) electrons. The van der Waals surface area contributed by atoms with Crippen LogP contribution in [0.4, 0.5) is 0 Å². The van der Waals surface area contributed by atoms with E-state index >= 15 is 0 Å². The summed E-state index contributed by atoms with van der Waals surface area (Å²) in [5, 5.41) is 18.0. The van der Waals surface area contributed by atoms with E-state index in [9.17, 15) is 5.11 Å². The summed E-state index contributed by atoms with van der Waals surface area (Å²) in [6.07, 6.45) is 6.20. The fourth-order valence-corrected chi connectivity index (χ4v) is 2.90. The Balaban J connectivity index is 1.71. The van der Waals surface area contributed by atoms with Crippen molar-refractivity contribution in [2.24, 2.45) is 5.92 Å². The minimum Gasteiger partial charge on any atom is -0.390 e. The first-order valence-electron chi connectivity index (χ1n) is 8.63. The molecule has 1 fully saturated rings. The molecule has 0 amide bonds. The lowest BCUT2D eigenvalue weighted by atomic mass is 9.99. The number of aromatic nitrogens is 2. The number of likely N-dealkylation sites (tertiary alicyclic amines) is 1. The van der Waals surface area contributed by atoms with Crippen LogP contribution in [0.15, 0.2) is 12.4 Å². The summed E-state index contributed by atoms with van der Waals surface area (Å²) >= 11 is 0. The van der Waals surface area contributed by atoms with E-state index in [4.69, 9.17) is 0 Å². The molecule has 1 saturated heterocycles. The Hall–Kier alpha value is -0.910. The molecule has 0 spiro atoms. The van der Waals surface area contributed by atoms with Crippen molar-refractivity contribution in [3.8, 4) is 0 Å². The normalized spacial score (nSPS) is 20.5. The van der Waals surface area contributed by atoms with Gasteiger partial charge in [0.15, 0.2) is 0 Å². The van der Waals surface area contributed by atoms with Gasteiger partial charge in [-0.1, -0.05) is 6.92 Å². The van der Waals surface area contributed by atoms with Gasteiger partial charge in [-0.3, -0.25) is 4.68 Å². The first-order valence-corrected chi connectivity index (χ1v) is 8.63. The topological polar surface area (TPSA) is 53.3 Å². The molecule has 5 heteroatoms. The molecule has 1 aromatic rings. The van der Waals surface area contributed by atoms with Crippen molar-refractivity contribution in [1.29, 1.82) is 0 Å². The number of piperidine rings is 1. The molecule has 2 atom stereocenters. The molecule has 1 aliphatic rings. The Morgan fingerprint density at radius 2 is 2.00 bits per heavy atom. The fraction of sp³-hybridized carbons (Fsp3) is 0.824. The molecule has 0 bridgehead atoms. The van der Waals surface area contributed by atoms with Gasteiger partial charge in [0, 0.05) is 36.9 Å². The number of hydrogen-bond acceptors (Lipinski definition) is 4. The number of β-amino-alcohol motifs (C(OH)–C–C–N with tert-alkyl or cyclic N) is 1. The van der Waals surface area contributed by atoms with Crippen molar-refractivity contribution in [1.82, 2.24) is 20.0 Å². The van der Waals surface area contributed by atoms with Crippen LogP contribution in [0.25, 0.3) is 0 Å². The Kier molecular flexibility index (Phi) is 6.41. The quantitative estimate of drug-likeness (QED) is 0.811. The molecule has 2 N–H and O–H groups in total. The molecule has 2 unspecified atom stereocenters. The second-order valence-electron chi connectivity index (χ2n) is 7.11.